The molecular weight excluding hydrogens is 260 g/mol. The van der Waals surface area contributed by atoms with Crippen molar-refractivity contribution in [1.29, 1.82) is 0 Å². The molecule has 0 bridgehead atoms. The monoisotopic (exact) mass is 288 g/mol. The fourth-order valence-corrected chi connectivity index (χ4v) is 3.80. The zero-order chi connectivity index (χ0) is 14.9. The normalized spacial score (nSPS) is 22.2. The highest BCUT2D eigenvalue weighted by Crippen LogP contribution is 2.40. The Hall–Kier alpha value is -1.06. The van der Waals surface area contributed by atoms with Crippen LogP contribution in [0.2, 0.25) is 0 Å². The molecule has 3 rings (SSSR count). The number of hydrogen-bond acceptors (Lipinski definition) is 3. The van der Waals surface area contributed by atoms with Crippen molar-refractivity contribution in [3.05, 3.63) is 29.3 Å². The number of hydrogen-bond donors (Lipinski definition) is 1. The molecule has 1 aromatic rings. The molecule has 0 radical (unpaired) electrons. The summed E-state index contributed by atoms with van der Waals surface area (Å²) in [6.07, 6.45) is 3.73. The quantitative estimate of drug-likeness (QED) is 0.921. The molecule has 2 heterocycles. The van der Waals surface area contributed by atoms with Crippen LogP contribution >= 0.6 is 0 Å². The van der Waals surface area contributed by atoms with Crippen LogP contribution in [0.25, 0.3) is 0 Å². The van der Waals surface area contributed by atoms with E-state index >= 15 is 0 Å². The summed E-state index contributed by atoms with van der Waals surface area (Å²) < 4.78 is 5.35. The zero-order valence-corrected chi connectivity index (χ0v) is 13.6. The lowest BCUT2D eigenvalue weighted by Crippen LogP contribution is -2.48. The van der Waals surface area contributed by atoms with Gasteiger partial charge in [-0.15, -0.1) is 0 Å². The summed E-state index contributed by atoms with van der Waals surface area (Å²) in [5.74, 6) is 1.79. The van der Waals surface area contributed by atoms with Crippen LogP contribution in [0.4, 0.5) is 0 Å². The van der Waals surface area contributed by atoms with Gasteiger partial charge in [-0.1, -0.05) is 26.3 Å². The molecule has 1 aromatic carbocycles. The third-order valence-corrected chi connectivity index (χ3v) is 5.42. The van der Waals surface area contributed by atoms with Gasteiger partial charge in [0.25, 0.3) is 0 Å². The molecule has 2 aliphatic heterocycles. The third-order valence-electron chi connectivity index (χ3n) is 5.42. The van der Waals surface area contributed by atoms with Crippen LogP contribution in [0.1, 0.15) is 44.2 Å². The van der Waals surface area contributed by atoms with Crippen molar-refractivity contribution in [2.45, 2.75) is 45.2 Å². The van der Waals surface area contributed by atoms with E-state index in [2.05, 4.69) is 42.3 Å². The van der Waals surface area contributed by atoms with Gasteiger partial charge in [0.05, 0.1) is 7.11 Å². The molecule has 1 spiro atoms. The van der Waals surface area contributed by atoms with Crippen LogP contribution in [-0.2, 0) is 12.1 Å². The van der Waals surface area contributed by atoms with E-state index in [9.17, 15) is 0 Å². The van der Waals surface area contributed by atoms with Crippen LogP contribution in [-0.4, -0.2) is 31.6 Å². The summed E-state index contributed by atoms with van der Waals surface area (Å²) in [4.78, 5) is 2.64. The molecular formula is C18H28N2O. The van der Waals surface area contributed by atoms with Gasteiger partial charge in [0, 0.05) is 31.7 Å². The number of methoxy groups -OCH3 is 1. The van der Waals surface area contributed by atoms with E-state index in [0.29, 0.717) is 0 Å². The summed E-state index contributed by atoms with van der Waals surface area (Å²) in [6.45, 7) is 9.31. The van der Waals surface area contributed by atoms with E-state index in [-0.39, 0.29) is 5.54 Å². The van der Waals surface area contributed by atoms with Crippen LogP contribution in [0.5, 0.6) is 5.75 Å². The second-order valence-corrected chi connectivity index (χ2v) is 6.77. The summed E-state index contributed by atoms with van der Waals surface area (Å²) in [7, 11) is 1.74. The molecule has 3 heteroatoms. The maximum Gasteiger partial charge on any atom is 0.119 e. The minimum Gasteiger partial charge on any atom is -0.497 e. The molecule has 1 N–H and O–H groups in total. The van der Waals surface area contributed by atoms with E-state index in [1.54, 1.807) is 7.11 Å². The molecule has 1 fully saturated rings. The van der Waals surface area contributed by atoms with Gasteiger partial charge in [0.1, 0.15) is 5.75 Å². The molecule has 0 aliphatic carbocycles. The van der Waals surface area contributed by atoms with E-state index in [4.69, 9.17) is 4.74 Å². The number of piperidine rings is 1. The maximum atomic E-state index is 5.35. The SMILES string of the molecule is CCC(C)CN1CCC2(CC1)NCc1cc(OC)ccc12. The van der Waals surface area contributed by atoms with Crippen molar-refractivity contribution >= 4 is 0 Å². The first kappa shape index (κ1) is 14.9. The van der Waals surface area contributed by atoms with Gasteiger partial charge in [-0.05, 0) is 42.0 Å². The first-order valence-electron chi connectivity index (χ1n) is 8.31. The smallest absolute Gasteiger partial charge is 0.119 e. The Morgan fingerprint density at radius 3 is 2.76 bits per heavy atom. The van der Waals surface area contributed by atoms with Crippen molar-refractivity contribution in [2.75, 3.05) is 26.7 Å². The Kier molecular flexibility index (Phi) is 4.23. The van der Waals surface area contributed by atoms with Gasteiger partial charge in [-0.3, -0.25) is 0 Å². The largest absolute Gasteiger partial charge is 0.497 e. The van der Waals surface area contributed by atoms with Crippen molar-refractivity contribution in [3.63, 3.8) is 0 Å². The standard InChI is InChI=1S/C18H28N2O/c1-4-14(2)13-20-9-7-18(8-10-20)17-6-5-16(21-3)11-15(17)12-19-18/h5-6,11,14,19H,4,7-10,12-13H2,1-3H3. The fourth-order valence-electron chi connectivity index (χ4n) is 3.80. The number of nitrogens with zero attached hydrogens (tertiary/aromatic N) is 1. The first-order valence-corrected chi connectivity index (χ1v) is 8.31. The van der Waals surface area contributed by atoms with Crippen molar-refractivity contribution < 1.29 is 4.74 Å². The van der Waals surface area contributed by atoms with E-state index < -0.39 is 0 Å². The van der Waals surface area contributed by atoms with Crippen LogP contribution in [0.15, 0.2) is 18.2 Å². The number of nitrogens with one attached hydrogen (secondary N) is 1. The zero-order valence-electron chi connectivity index (χ0n) is 13.6. The molecule has 0 aromatic heterocycles. The van der Waals surface area contributed by atoms with Gasteiger partial charge >= 0.3 is 0 Å². The van der Waals surface area contributed by atoms with Gasteiger partial charge in [-0.2, -0.15) is 0 Å². The topological polar surface area (TPSA) is 24.5 Å². The second kappa shape index (κ2) is 5.98. The fraction of sp³-hybridized carbons (Fsp3) is 0.667. The summed E-state index contributed by atoms with van der Waals surface area (Å²) in [5.41, 5.74) is 3.14. The molecule has 1 unspecified atom stereocenters. The Balaban J connectivity index is 1.70. The predicted molar refractivity (Wildman–Crippen MR) is 86.6 cm³/mol. The molecule has 116 valence electrons. The number of rotatable bonds is 4. The second-order valence-electron chi connectivity index (χ2n) is 6.77. The Bertz CT molecular complexity index is 492. The first-order chi connectivity index (χ1) is 10.2. The minimum atomic E-state index is 0.216. The Morgan fingerprint density at radius 2 is 2.10 bits per heavy atom. The molecule has 0 saturated carbocycles. The highest BCUT2D eigenvalue weighted by atomic mass is 16.5. The summed E-state index contributed by atoms with van der Waals surface area (Å²) >= 11 is 0. The van der Waals surface area contributed by atoms with Gasteiger partial charge in [0.15, 0.2) is 0 Å². The molecule has 0 amide bonds. The third kappa shape index (κ3) is 2.82. The highest BCUT2D eigenvalue weighted by Gasteiger charge is 2.40. The minimum absolute atomic E-state index is 0.216. The molecule has 2 aliphatic rings. The molecule has 3 nitrogen and oxygen atoms in total. The number of ether oxygens (including phenoxy) is 1. The van der Waals surface area contributed by atoms with E-state index in [1.807, 2.05) is 0 Å². The molecule has 1 atom stereocenters. The highest BCUT2D eigenvalue weighted by molar-refractivity contribution is 5.43. The summed E-state index contributed by atoms with van der Waals surface area (Å²) in [6, 6.07) is 6.58. The average Bonchev–Trinajstić information content (AvgIpc) is 2.87. The molecule has 21 heavy (non-hydrogen) atoms. The van der Waals surface area contributed by atoms with Crippen molar-refractivity contribution in [2.24, 2.45) is 5.92 Å². The lowest BCUT2D eigenvalue weighted by molar-refractivity contribution is 0.127. The average molecular weight is 288 g/mol. The van der Waals surface area contributed by atoms with Gasteiger partial charge in [0.2, 0.25) is 0 Å². The molecule has 1 saturated heterocycles. The summed E-state index contributed by atoms with van der Waals surface area (Å²) in [5, 5.41) is 3.79. The van der Waals surface area contributed by atoms with Crippen molar-refractivity contribution in [1.82, 2.24) is 10.2 Å². The van der Waals surface area contributed by atoms with E-state index in [1.165, 1.54) is 50.0 Å². The maximum absolute atomic E-state index is 5.35. The number of benzene rings is 1. The van der Waals surface area contributed by atoms with Crippen LogP contribution in [0.3, 0.4) is 0 Å². The lowest BCUT2D eigenvalue weighted by Gasteiger charge is -2.41. The van der Waals surface area contributed by atoms with Crippen LogP contribution < -0.4 is 10.1 Å². The van der Waals surface area contributed by atoms with E-state index in [0.717, 1.165) is 18.2 Å². The lowest BCUT2D eigenvalue weighted by atomic mass is 9.81. The Morgan fingerprint density at radius 1 is 1.33 bits per heavy atom. The number of fused-ring (bicyclic) bond motifs is 2. The van der Waals surface area contributed by atoms with Crippen LogP contribution in [0, 0.1) is 5.92 Å². The van der Waals surface area contributed by atoms with Crippen molar-refractivity contribution in [3.8, 4) is 5.75 Å². The van der Waals surface area contributed by atoms with Gasteiger partial charge in [-0.25, -0.2) is 0 Å². The van der Waals surface area contributed by atoms with Gasteiger partial charge < -0.3 is 15.0 Å². The number of likely N-dealkylation sites (tertiary alicyclic amines) is 1. The predicted octanol–water partition coefficient (Wildman–Crippen LogP) is 3.14. The Labute approximate surface area is 128 Å².